The second-order valence-electron chi connectivity index (χ2n) is 4.42. The van der Waals surface area contributed by atoms with E-state index in [0.29, 0.717) is 6.54 Å². The van der Waals surface area contributed by atoms with Crippen molar-refractivity contribution in [3.05, 3.63) is 48.8 Å². The summed E-state index contributed by atoms with van der Waals surface area (Å²) >= 11 is 0. The van der Waals surface area contributed by atoms with Crippen LogP contribution in [-0.2, 0) is 11.3 Å². The Morgan fingerprint density at radius 1 is 1.32 bits per heavy atom. The van der Waals surface area contributed by atoms with Gasteiger partial charge in [-0.3, -0.25) is 9.48 Å². The fourth-order valence-corrected chi connectivity index (χ4v) is 1.80. The number of hydrogen-bond acceptors (Lipinski definition) is 3. The Morgan fingerprint density at radius 3 is 2.79 bits per heavy atom. The van der Waals surface area contributed by atoms with Gasteiger partial charge in [0.1, 0.15) is 0 Å². The second kappa shape index (κ2) is 6.58. The minimum atomic E-state index is -0.0245. The number of aromatic nitrogens is 2. The van der Waals surface area contributed by atoms with Crippen LogP contribution >= 0.6 is 0 Å². The van der Waals surface area contributed by atoms with Gasteiger partial charge in [0.2, 0.25) is 5.91 Å². The lowest BCUT2D eigenvalue weighted by Crippen LogP contribution is -2.39. The SMILES string of the molecule is CC(Cn1cccn1)NC(=O)CNc1ccccc1. The summed E-state index contributed by atoms with van der Waals surface area (Å²) in [6.45, 7) is 2.90. The van der Waals surface area contributed by atoms with Crippen molar-refractivity contribution in [2.24, 2.45) is 0 Å². The van der Waals surface area contributed by atoms with E-state index in [2.05, 4.69) is 15.7 Å². The Balaban J connectivity index is 1.72. The smallest absolute Gasteiger partial charge is 0.239 e. The van der Waals surface area contributed by atoms with Crippen LogP contribution in [0.2, 0.25) is 0 Å². The number of carbonyl (C=O) groups is 1. The van der Waals surface area contributed by atoms with E-state index < -0.39 is 0 Å². The summed E-state index contributed by atoms with van der Waals surface area (Å²) < 4.78 is 1.80. The average molecular weight is 258 g/mol. The van der Waals surface area contributed by atoms with E-state index in [0.717, 1.165) is 5.69 Å². The molecule has 5 nitrogen and oxygen atoms in total. The molecule has 2 N–H and O–H groups in total. The van der Waals surface area contributed by atoms with Crippen LogP contribution in [0.5, 0.6) is 0 Å². The Kier molecular flexibility index (Phi) is 4.55. The maximum atomic E-state index is 11.8. The number of nitrogens with one attached hydrogen (secondary N) is 2. The van der Waals surface area contributed by atoms with E-state index in [-0.39, 0.29) is 18.5 Å². The topological polar surface area (TPSA) is 59.0 Å². The molecule has 2 aromatic rings. The molecule has 1 atom stereocenters. The number of rotatable bonds is 6. The van der Waals surface area contributed by atoms with Crippen LogP contribution in [0.4, 0.5) is 5.69 Å². The maximum absolute atomic E-state index is 11.8. The Hall–Kier alpha value is -2.30. The number of amides is 1. The highest BCUT2D eigenvalue weighted by Gasteiger charge is 2.07. The number of anilines is 1. The first-order valence-electron chi connectivity index (χ1n) is 6.30. The predicted octanol–water partition coefficient (Wildman–Crippen LogP) is 1.50. The van der Waals surface area contributed by atoms with E-state index in [1.165, 1.54) is 0 Å². The fraction of sp³-hybridized carbons (Fsp3) is 0.286. The van der Waals surface area contributed by atoms with Gasteiger partial charge < -0.3 is 10.6 Å². The van der Waals surface area contributed by atoms with Crippen LogP contribution in [0.1, 0.15) is 6.92 Å². The Bertz CT molecular complexity index is 495. The molecule has 0 aliphatic carbocycles. The number of para-hydroxylation sites is 1. The lowest BCUT2D eigenvalue weighted by molar-refractivity contribution is -0.120. The molecular weight excluding hydrogens is 240 g/mol. The first-order chi connectivity index (χ1) is 9.24. The van der Waals surface area contributed by atoms with E-state index in [9.17, 15) is 4.79 Å². The molecule has 0 fully saturated rings. The van der Waals surface area contributed by atoms with E-state index in [1.807, 2.05) is 49.5 Å². The molecule has 5 heteroatoms. The van der Waals surface area contributed by atoms with Gasteiger partial charge >= 0.3 is 0 Å². The minimum absolute atomic E-state index is 0.0245. The van der Waals surface area contributed by atoms with Crippen LogP contribution in [-0.4, -0.2) is 28.3 Å². The molecule has 0 spiro atoms. The number of nitrogens with zero attached hydrogens (tertiary/aromatic N) is 2. The van der Waals surface area contributed by atoms with E-state index in [1.54, 1.807) is 10.9 Å². The molecule has 0 aliphatic rings. The largest absolute Gasteiger partial charge is 0.376 e. The molecule has 100 valence electrons. The molecule has 1 unspecified atom stereocenters. The van der Waals surface area contributed by atoms with Crippen molar-refractivity contribution in [3.8, 4) is 0 Å². The first kappa shape index (κ1) is 13.1. The number of hydrogen-bond donors (Lipinski definition) is 2. The third-order valence-corrected chi connectivity index (χ3v) is 2.65. The van der Waals surface area contributed by atoms with Crippen molar-refractivity contribution in [1.82, 2.24) is 15.1 Å². The van der Waals surface area contributed by atoms with Crippen LogP contribution in [0.3, 0.4) is 0 Å². The third kappa shape index (κ3) is 4.46. The molecule has 0 radical (unpaired) electrons. The highest BCUT2D eigenvalue weighted by Crippen LogP contribution is 2.03. The normalized spacial score (nSPS) is 11.8. The standard InChI is InChI=1S/C14H18N4O/c1-12(11-18-9-5-8-16-18)17-14(19)10-15-13-6-3-2-4-7-13/h2-9,12,15H,10-11H2,1H3,(H,17,19). The second-order valence-corrected chi connectivity index (χ2v) is 4.42. The van der Waals surface area contributed by atoms with Crippen molar-refractivity contribution in [2.75, 3.05) is 11.9 Å². The molecule has 0 bridgehead atoms. The molecule has 1 amide bonds. The maximum Gasteiger partial charge on any atom is 0.239 e. The van der Waals surface area contributed by atoms with Gasteiger partial charge in [-0.05, 0) is 25.1 Å². The number of benzene rings is 1. The molecule has 0 aliphatic heterocycles. The van der Waals surface area contributed by atoms with Crippen LogP contribution < -0.4 is 10.6 Å². The molecule has 2 rings (SSSR count). The third-order valence-electron chi connectivity index (χ3n) is 2.65. The summed E-state index contributed by atoms with van der Waals surface area (Å²) in [5, 5.41) is 10.1. The summed E-state index contributed by atoms with van der Waals surface area (Å²) in [7, 11) is 0. The van der Waals surface area contributed by atoms with Gasteiger partial charge in [-0.15, -0.1) is 0 Å². The van der Waals surface area contributed by atoms with Crippen molar-refractivity contribution in [3.63, 3.8) is 0 Å². The fourth-order valence-electron chi connectivity index (χ4n) is 1.80. The van der Waals surface area contributed by atoms with E-state index in [4.69, 9.17) is 0 Å². The van der Waals surface area contributed by atoms with Gasteiger partial charge in [-0.1, -0.05) is 18.2 Å². The van der Waals surface area contributed by atoms with Crippen LogP contribution in [0.15, 0.2) is 48.8 Å². The van der Waals surface area contributed by atoms with Crippen molar-refractivity contribution in [2.45, 2.75) is 19.5 Å². The summed E-state index contributed by atoms with van der Waals surface area (Å²) in [6.07, 6.45) is 3.61. The zero-order valence-electron chi connectivity index (χ0n) is 10.9. The lowest BCUT2D eigenvalue weighted by Gasteiger charge is -2.14. The monoisotopic (exact) mass is 258 g/mol. The lowest BCUT2D eigenvalue weighted by atomic mass is 10.3. The van der Waals surface area contributed by atoms with Gasteiger partial charge in [0.25, 0.3) is 0 Å². The molecule has 1 aromatic carbocycles. The highest BCUT2D eigenvalue weighted by atomic mass is 16.1. The quantitative estimate of drug-likeness (QED) is 0.825. The summed E-state index contributed by atoms with van der Waals surface area (Å²) in [5.41, 5.74) is 0.942. The van der Waals surface area contributed by atoms with Crippen molar-refractivity contribution >= 4 is 11.6 Å². The molecule has 1 heterocycles. The predicted molar refractivity (Wildman–Crippen MR) is 74.8 cm³/mol. The van der Waals surface area contributed by atoms with Crippen LogP contribution in [0, 0.1) is 0 Å². The van der Waals surface area contributed by atoms with Crippen molar-refractivity contribution < 1.29 is 4.79 Å². The Morgan fingerprint density at radius 2 is 2.11 bits per heavy atom. The van der Waals surface area contributed by atoms with Gasteiger partial charge in [0.15, 0.2) is 0 Å². The van der Waals surface area contributed by atoms with Gasteiger partial charge in [-0.2, -0.15) is 5.10 Å². The molecule has 1 aromatic heterocycles. The van der Waals surface area contributed by atoms with Crippen LogP contribution in [0.25, 0.3) is 0 Å². The average Bonchev–Trinajstić information content (AvgIpc) is 2.90. The van der Waals surface area contributed by atoms with Crippen molar-refractivity contribution in [1.29, 1.82) is 0 Å². The summed E-state index contributed by atoms with van der Waals surface area (Å²) in [6, 6.07) is 11.6. The van der Waals surface area contributed by atoms with Gasteiger partial charge in [0, 0.05) is 24.1 Å². The molecule has 0 saturated heterocycles. The minimum Gasteiger partial charge on any atom is -0.376 e. The molecular formula is C14H18N4O. The zero-order valence-corrected chi connectivity index (χ0v) is 10.9. The van der Waals surface area contributed by atoms with E-state index >= 15 is 0 Å². The molecule has 19 heavy (non-hydrogen) atoms. The summed E-state index contributed by atoms with van der Waals surface area (Å²) in [5.74, 6) is -0.0245. The van der Waals surface area contributed by atoms with Gasteiger partial charge in [0.05, 0.1) is 13.1 Å². The molecule has 0 saturated carbocycles. The zero-order chi connectivity index (χ0) is 13.5. The highest BCUT2D eigenvalue weighted by molar-refractivity contribution is 5.80. The van der Waals surface area contributed by atoms with Gasteiger partial charge in [-0.25, -0.2) is 0 Å². The summed E-state index contributed by atoms with van der Waals surface area (Å²) in [4.78, 5) is 11.8. The number of carbonyl (C=O) groups excluding carboxylic acids is 1. The Labute approximate surface area is 112 Å². The first-order valence-corrected chi connectivity index (χ1v) is 6.30.